The summed E-state index contributed by atoms with van der Waals surface area (Å²) in [6.07, 6.45) is -2.24. The van der Waals surface area contributed by atoms with Crippen molar-refractivity contribution >= 4 is 16.6 Å². The average molecular weight is 280 g/mol. The van der Waals surface area contributed by atoms with E-state index < -0.39 is 11.7 Å². The first-order valence-corrected chi connectivity index (χ1v) is 6.50. The quantitative estimate of drug-likeness (QED) is 0.780. The predicted octanol–water partition coefficient (Wildman–Crippen LogP) is 4.25. The summed E-state index contributed by atoms with van der Waals surface area (Å²) in [7, 11) is 0. The predicted molar refractivity (Wildman–Crippen MR) is 72.7 cm³/mol. The molecule has 0 atom stereocenters. The number of hydrogen-bond acceptors (Lipinski definition) is 2. The van der Waals surface area contributed by atoms with Crippen LogP contribution < -0.4 is 5.32 Å². The normalized spacial score (nSPS) is 17.6. The highest BCUT2D eigenvalue weighted by molar-refractivity contribution is 5.91. The molecule has 1 aromatic carbocycles. The number of benzene rings is 1. The van der Waals surface area contributed by atoms with Gasteiger partial charge in [0, 0.05) is 23.8 Å². The Morgan fingerprint density at radius 1 is 1.30 bits per heavy atom. The van der Waals surface area contributed by atoms with E-state index in [0.29, 0.717) is 17.6 Å². The fourth-order valence-electron chi connectivity index (χ4n) is 2.75. The Bertz CT molecular complexity index is 675. The molecule has 3 rings (SSSR count). The molecule has 1 aliphatic rings. The molecule has 0 radical (unpaired) electrons. The van der Waals surface area contributed by atoms with E-state index in [1.165, 1.54) is 12.3 Å². The van der Waals surface area contributed by atoms with Gasteiger partial charge >= 0.3 is 6.18 Å². The topological polar surface area (TPSA) is 24.9 Å². The first-order chi connectivity index (χ1) is 9.28. The lowest BCUT2D eigenvalue weighted by molar-refractivity contribution is -0.136. The molecule has 0 spiro atoms. The molecular weight excluding hydrogens is 265 g/mol. The third-order valence-corrected chi connectivity index (χ3v) is 3.72. The fraction of sp³-hybridized carbons (Fsp3) is 0.400. The van der Waals surface area contributed by atoms with Crippen LogP contribution in [0.25, 0.3) is 10.9 Å². The number of nitrogens with zero attached hydrogens (tertiary/aromatic N) is 1. The van der Waals surface area contributed by atoms with Crippen LogP contribution >= 0.6 is 0 Å². The van der Waals surface area contributed by atoms with Gasteiger partial charge in [-0.15, -0.1) is 0 Å². The number of fused-ring (bicyclic) bond motifs is 3. The van der Waals surface area contributed by atoms with Crippen LogP contribution in [-0.2, 0) is 12.6 Å². The van der Waals surface area contributed by atoms with Crippen molar-refractivity contribution in [1.82, 2.24) is 4.98 Å². The van der Waals surface area contributed by atoms with Crippen molar-refractivity contribution in [2.45, 2.75) is 26.4 Å². The summed E-state index contributed by atoms with van der Waals surface area (Å²) < 4.78 is 39.5. The highest BCUT2D eigenvalue weighted by Gasteiger charge is 2.36. The number of nitrogens with one attached hydrogen (secondary N) is 1. The van der Waals surface area contributed by atoms with Crippen molar-refractivity contribution in [2.75, 3.05) is 11.9 Å². The van der Waals surface area contributed by atoms with E-state index in [1.807, 2.05) is 0 Å². The highest BCUT2D eigenvalue weighted by atomic mass is 19.4. The first kappa shape index (κ1) is 13.2. The van der Waals surface area contributed by atoms with Crippen molar-refractivity contribution in [3.05, 3.63) is 35.5 Å². The summed E-state index contributed by atoms with van der Waals surface area (Å²) >= 11 is 0. The molecule has 0 saturated heterocycles. The van der Waals surface area contributed by atoms with Gasteiger partial charge in [0.05, 0.1) is 11.1 Å². The van der Waals surface area contributed by atoms with Gasteiger partial charge in [-0.1, -0.05) is 19.9 Å². The zero-order valence-corrected chi connectivity index (χ0v) is 11.3. The minimum atomic E-state index is -4.39. The zero-order chi connectivity index (χ0) is 14.5. The molecule has 1 N–H and O–H groups in total. The van der Waals surface area contributed by atoms with Crippen LogP contribution in [0, 0.1) is 5.41 Å². The van der Waals surface area contributed by atoms with Crippen molar-refractivity contribution < 1.29 is 13.2 Å². The van der Waals surface area contributed by atoms with Gasteiger partial charge in [0.1, 0.15) is 0 Å². The molecule has 0 saturated carbocycles. The fourth-order valence-corrected chi connectivity index (χ4v) is 2.75. The molecule has 2 aromatic rings. The monoisotopic (exact) mass is 280 g/mol. The van der Waals surface area contributed by atoms with E-state index >= 15 is 0 Å². The van der Waals surface area contributed by atoms with E-state index in [2.05, 4.69) is 24.1 Å². The van der Waals surface area contributed by atoms with Gasteiger partial charge in [0.2, 0.25) is 0 Å². The molecule has 0 fully saturated rings. The van der Waals surface area contributed by atoms with Crippen LogP contribution in [0.1, 0.15) is 25.0 Å². The number of pyridine rings is 1. The minimum Gasteiger partial charge on any atom is -0.384 e. The van der Waals surface area contributed by atoms with Crippen molar-refractivity contribution in [2.24, 2.45) is 5.41 Å². The van der Waals surface area contributed by atoms with E-state index in [1.54, 1.807) is 12.1 Å². The standard InChI is InChI=1S/C15H15F3N2/c1-14(2)7-10-9-4-3-5-19-13(9)11(15(16,17)18)6-12(10)20-8-14/h3-6,20H,7-8H2,1-2H3. The highest BCUT2D eigenvalue weighted by Crippen LogP contribution is 2.42. The molecule has 0 bridgehead atoms. The minimum absolute atomic E-state index is 0.0233. The van der Waals surface area contributed by atoms with Crippen LogP contribution in [0.5, 0.6) is 0 Å². The van der Waals surface area contributed by atoms with E-state index in [-0.39, 0.29) is 10.9 Å². The van der Waals surface area contributed by atoms with E-state index in [4.69, 9.17) is 0 Å². The number of rotatable bonds is 0. The van der Waals surface area contributed by atoms with Crippen LogP contribution in [-0.4, -0.2) is 11.5 Å². The molecule has 1 aromatic heterocycles. The van der Waals surface area contributed by atoms with E-state index in [9.17, 15) is 13.2 Å². The Morgan fingerprint density at radius 2 is 2.05 bits per heavy atom. The van der Waals surface area contributed by atoms with E-state index in [0.717, 1.165) is 12.0 Å². The summed E-state index contributed by atoms with van der Waals surface area (Å²) in [5.74, 6) is 0. The summed E-state index contributed by atoms with van der Waals surface area (Å²) in [6.45, 7) is 4.87. The van der Waals surface area contributed by atoms with Crippen LogP contribution in [0.2, 0.25) is 0 Å². The molecule has 2 nitrogen and oxygen atoms in total. The smallest absolute Gasteiger partial charge is 0.384 e. The second-order valence-electron chi connectivity index (χ2n) is 6.04. The zero-order valence-electron chi connectivity index (χ0n) is 11.3. The lowest BCUT2D eigenvalue weighted by Crippen LogP contribution is -2.31. The lowest BCUT2D eigenvalue weighted by atomic mass is 9.80. The number of anilines is 1. The van der Waals surface area contributed by atoms with Crippen LogP contribution in [0.4, 0.5) is 18.9 Å². The maximum absolute atomic E-state index is 13.2. The molecule has 1 aliphatic heterocycles. The van der Waals surface area contributed by atoms with Crippen LogP contribution in [0.3, 0.4) is 0 Å². The second-order valence-corrected chi connectivity index (χ2v) is 6.04. The summed E-state index contributed by atoms with van der Waals surface area (Å²) in [5, 5.41) is 3.72. The third-order valence-electron chi connectivity index (χ3n) is 3.72. The van der Waals surface area contributed by atoms with Gasteiger partial charge in [-0.3, -0.25) is 4.98 Å². The van der Waals surface area contributed by atoms with Crippen molar-refractivity contribution in [1.29, 1.82) is 0 Å². The Labute approximate surface area is 115 Å². The van der Waals surface area contributed by atoms with Gasteiger partial charge in [-0.05, 0) is 29.5 Å². The molecule has 5 heteroatoms. The number of aromatic nitrogens is 1. The van der Waals surface area contributed by atoms with Crippen LogP contribution in [0.15, 0.2) is 24.4 Å². The van der Waals surface area contributed by atoms with Gasteiger partial charge in [0.25, 0.3) is 0 Å². The molecular formula is C15H15F3N2. The molecule has 106 valence electrons. The summed E-state index contributed by atoms with van der Waals surface area (Å²) in [4.78, 5) is 3.96. The summed E-state index contributed by atoms with van der Waals surface area (Å²) in [5.41, 5.74) is 0.905. The van der Waals surface area contributed by atoms with Crippen molar-refractivity contribution in [3.8, 4) is 0 Å². The molecule has 20 heavy (non-hydrogen) atoms. The third kappa shape index (κ3) is 2.11. The maximum Gasteiger partial charge on any atom is 0.418 e. The SMILES string of the molecule is CC1(C)CNc2cc(C(F)(F)F)c3ncccc3c2C1. The lowest BCUT2D eigenvalue weighted by Gasteiger charge is -2.33. The molecule has 0 aliphatic carbocycles. The van der Waals surface area contributed by atoms with Gasteiger partial charge in [-0.25, -0.2) is 0 Å². The Hall–Kier alpha value is -1.78. The molecule has 0 unspecified atom stereocenters. The molecule has 2 heterocycles. The maximum atomic E-state index is 13.2. The first-order valence-electron chi connectivity index (χ1n) is 6.50. The number of alkyl halides is 3. The van der Waals surface area contributed by atoms with Gasteiger partial charge in [-0.2, -0.15) is 13.2 Å². The van der Waals surface area contributed by atoms with Gasteiger partial charge < -0.3 is 5.32 Å². The number of hydrogen-bond donors (Lipinski definition) is 1. The number of halogens is 3. The Balaban J connectivity index is 2.32. The largest absolute Gasteiger partial charge is 0.418 e. The second kappa shape index (κ2) is 4.11. The van der Waals surface area contributed by atoms with Gasteiger partial charge in [0.15, 0.2) is 0 Å². The Morgan fingerprint density at radius 3 is 2.75 bits per heavy atom. The average Bonchev–Trinajstić information content (AvgIpc) is 2.36. The van der Waals surface area contributed by atoms with Crippen molar-refractivity contribution in [3.63, 3.8) is 0 Å². The molecule has 0 amide bonds. The Kier molecular flexibility index (Phi) is 2.71. The summed E-state index contributed by atoms with van der Waals surface area (Å²) in [6, 6.07) is 4.60.